The van der Waals surface area contributed by atoms with Crippen LogP contribution >= 0.6 is 11.6 Å². The van der Waals surface area contributed by atoms with E-state index in [9.17, 15) is 14.4 Å². The number of hydrogen-bond donors (Lipinski definition) is 1. The van der Waals surface area contributed by atoms with Crippen LogP contribution in [0.4, 0.5) is 10.5 Å². The number of likely N-dealkylation sites (N-methyl/N-ethyl adjacent to an activating group) is 1. The summed E-state index contributed by atoms with van der Waals surface area (Å²) in [6, 6.07) is 6.88. The van der Waals surface area contributed by atoms with E-state index in [1.165, 1.54) is 4.90 Å². The third kappa shape index (κ3) is 4.19. The fraction of sp³-hybridized carbons (Fsp3) is 0.357. The largest absolute Gasteiger partial charge is 0.447 e. The van der Waals surface area contributed by atoms with Crippen molar-refractivity contribution in [3.05, 3.63) is 29.3 Å². The lowest BCUT2D eigenvalue weighted by atomic mass is 10.3. The minimum Gasteiger partial charge on any atom is -0.447 e. The van der Waals surface area contributed by atoms with Crippen LogP contribution in [0.1, 0.15) is 0 Å². The Morgan fingerprint density at radius 1 is 1.36 bits per heavy atom. The number of carbonyl (C=O) groups is 3. The predicted octanol–water partition coefficient (Wildman–Crippen LogP) is 1.19. The van der Waals surface area contributed by atoms with Crippen LogP contribution in [0.15, 0.2) is 24.3 Å². The molecular formula is C14H16ClN3O4. The van der Waals surface area contributed by atoms with Crippen molar-refractivity contribution in [2.24, 2.45) is 0 Å². The van der Waals surface area contributed by atoms with Gasteiger partial charge in [-0.05, 0) is 19.2 Å². The van der Waals surface area contributed by atoms with Crippen LogP contribution in [-0.4, -0.2) is 61.0 Å². The molecule has 22 heavy (non-hydrogen) atoms. The van der Waals surface area contributed by atoms with Crippen molar-refractivity contribution < 1.29 is 19.1 Å². The fourth-order valence-electron chi connectivity index (χ4n) is 1.99. The molecule has 0 atom stereocenters. The molecule has 0 bridgehead atoms. The van der Waals surface area contributed by atoms with Crippen LogP contribution in [0.25, 0.3) is 0 Å². The molecule has 0 unspecified atom stereocenters. The van der Waals surface area contributed by atoms with Gasteiger partial charge >= 0.3 is 6.09 Å². The van der Waals surface area contributed by atoms with E-state index in [2.05, 4.69) is 5.32 Å². The number of nitrogens with one attached hydrogen (secondary N) is 1. The minimum atomic E-state index is -0.640. The molecule has 0 radical (unpaired) electrons. The van der Waals surface area contributed by atoms with Gasteiger partial charge in [0.15, 0.2) is 0 Å². The molecule has 1 fully saturated rings. The van der Waals surface area contributed by atoms with Crippen molar-refractivity contribution in [2.75, 3.05) is 38.6 Å². The third-order valence-corrected chi connectivity index (χ3v) is 3.36. The second-order valence-electron chi connectivity index (χ2n) is 4.86. The maximum Gasteiger partial charge on any atom is 0.416 e. The van der Waals surface area contributed by atoms with Gasteiger partial charge in [-0.1, -0.05) is 23.7 Å². The molecular weight excluding hydrogens is 310 g/mol. The van der Waals surface area contributed by atoms with Crippen molar-refractivity contribution in [3.63, 3.8) is 0 Å². The summed E-state index contributed by atoms with van der Waals surface area (Å²) in [5, 5.41) is 3.10. The van der Waals surface area contributed by atoms with Crippen molar-refractivity contribution in [3.8, 4) is 0 Å². The molecule has 1 aromatic rings. The van der Waals surface area contributed by atoms with Crippen LogP contribution < -0.4 is 5.32 Å². The van der Waals surface area contributed by atoms with E-state index in [0.717, 1.165) is 4.90 Å². The second kappa shape index (κ2) is 7.24. The van der Waals surface area contributed by atoms with E-state index in [4.69, 9.17) is 16.3 Å². The van der Waals surface area contributed by atoms with Gasteiger partial charge < -0.3 is 10.1 Å². The number of rotatable bonds is 5. The summed E-state index contributed by atoms with van der Waals surface area (Å²) < 4.78 is 4.70. The summed E-state index contributed by atoms with van der Waals surface area (Å²) in [6.07, 6.45) is -0.640. The van der Waals surface area contributed by atoms with Gasteiger partial charge in [0.2, 0.25) is 11.8 Å². The molecule has 1 aliphatic heterocycles. The Kier molecular flexibility index (Phi) is 5.35. The first-order valence-corrected chi connectivity index (χ1v) is 7.05. The van der Waals surface area contributed by atoms with Gasteiger partial charge in [-0.25, -0.2) is 9.69 Å². The Labute approximate surface area is 132 Å². The van der Waals surface area contributed by atoms with E-state index in [0.29, 0.717) is 10.7 Å². The molecule has 1 saturated heterocycles. The minimum absolute atomic E-state index is 0.000148. The summed E-state index contributed by atoms with van der Waals surface area (Å²) in [5.41, 5.74) is 0.511. The molecule has 1 aliphatic rings. The summed E-state index contributed by atoms with van der Waals surface area (Å²) in [4.78, 5) is 37.6. The van der Waals surface area contributed by atoms with E-state index in [-0.39, 0.29) is 32.1 Å². The van der Waals surface area contributed by atoms with Gasteiger partial charge in [0, 0.05) is 0 Å². The first-order valence-electron chi connectivity index (χ1n) is 6.67. The number of para-hydroxylation sites is 1. The van der Waals surface area contributed by atoms with Gasteiger partial charge in [0.25, 0.3) is 0 Å². The van der Waals surface area contributed by atoms with Crippen LogP contribution in [0.5, 0.6) is 0 Å². The van der Waals surface area contributed by atoms with E-state index in [1.807, 2.05) is 0 Å². The van der Waals surface area contributed by atoms with Gasteiger partial charge in [-0.15, -0.1) is 0 Å². The number of amides is 3. The summed E-state index contributed by atoms with van der Waals surface area (Å²) >= 11 is 5.95. The lowest BCUT2D eigenvalue weighted by Crippen LogP contribution is -2.41. The molecule has 7 nitrogen and oxygen atoms in total. The highest BCUT2D eigenvalue weighted by Gasteiger charge is 2.28. The number of ether oxygens (including phenoxy) is 1. The van der Waals surface area contributed by atoms with E-state index in [1.54, 1.807) is 31.3 Å². The fourth-order valence-corrected chi connectivity index (χ4v) is 2.17. The van der Waals surface area contributed by atoms with Crippen LogP contribution in [0.3, 0.4) is 0 Å². The zero-order valence-corrected chi connectivity index (χ0v) is 12.8. The maximum absolute atomic E-state index is 11.9. The van der Waals surface area contributed by atoms with E-state index < -0.39 is 12.0 Å². The monoisotopic (exact) mass is 325 g/mol. The molecule has 1 heterocycles. The Morgan fingerprint density at radius 3 is 2.73 bits per heavy atom. The number of anilines is 1. The number of imide groups is 1. The Morgan fingerprint density at radius 2 is 2.09 bits per heavy atom. The highest BCUT2D eigenvalue weighted by atomic mass is 35.5. The van der Waals surface area contributed by atoms with Crippen LogP contribution in [0.2, 0.25) is 5.02 Å². The van der Waals surface area contributed by atoms with E-state index >= 15 is 0 Å². The first kappa shape index (κ1) is 16.3. The van der Waals surface area contributed by atoms with Crippen molar-refractivity contribution in [1.29, 1.82) is 0 Å². The van der Waals surface area contributed by atoms with Crippen molar-refractivity contribution >= 4 is 35.2 Å². The molecule has 2 rings (SSSR count). The van der Waals surface area contributed by atoms with Gasteiger partial charge in [-0.3, -0.25) is 14.5 Å². The second-order valence-corrected chi connectivity index (χ2v) is 5.27. The molecule has 1 aromatic carbocycles. The molecule has 0 spiro atoms. The number of carbonyl (C=O) groups excluding carboxylic acids is 3. The zero-order valence-electron chi connectivity index (χ0n) is 12.0. The highest BCUT2D eigenvalue weighted by Crippen LogP contribution is 2.20. The molecule has 3 amide bonds. The average molecular weight is 326 g/mol. The molecule has 0 aliphatic carbocycles. The van der Waals surface area contributed by atoms with Crippen LogP contribution in [0, 0.1) is 0 Å². The predicted molar refractivity (Wildman–Crippen MR) is 80.6 cm³/mol. The standard InChI is InChI=1S/C14H16ClN3O4/c1-17(9-13(20)18-6-7-22-14(18)21)8-12(19)16-11-5-3-2-4-10(11)15/h2-5H,6-9H2,1H3,(H,16,19). The number of halogens is 1. The topological polar surface area (TPSA) is 79.0 Å². The number of nitrogens with zero attached hydrogens (tertiary/aromatic N) is 2. The van der Waals surface area contributed by atoms with Gasteiger partial charge in [0.1, 0.15) is 6.61 Å². The number of cyclic esters (lactones) is 1. The Bertz CT molecular complexity index is 593. The maximum atomic E-state index is 11.9. The highest BCUT2D eigenvalue weighted by molar-refractivity contribution is 6.33. The molecule has 0 saturated carbocycles. The average Bonchev–Trinajstić information content (AvgIpc) is 2.87. The van der Waals surface area contributed by atoms with Gasteiger partial charge in [-0.2, -0.15) is 0 Å². The summed E-state index contributed by atoms with van der Waals surface area (Å²) in [7, 11) is 1.62. The van der Waals surface area contributed by atoms with Gasteiger partial charge in [0.05, 0.1) is 30.3 Å². The zero-order chi connectivity index (χ0) is 16.1. The van der Waals surface area contributed by atoms with Crippen LogP contribution in [-0.2, 0) is 14.3 Å². The molecule has 0 aromatic heterocycles. The molecule has 1 N–H and O–H groups in total. The quantitative estimate of drug-likeness (QED) is 0.879. The normalized spacial score (nSPS) is 14.1. The SMILES string of the molecule is CN(CC(=O)Nc1ccccc1Cl)CC(=O)N1CCOC1=O. The van der Waals surface area contributed by atoms with Crippen molar-refractivity contribution in [2.45, 2.75) is 0 Å². The summed E-state index contributed by atoms with van der Waals surface area (Å²) in [6.45, 7) is 0.406. The smallest absolute Gasteiger partial charge is 0.416 e. The first-order chi connectivity index (χ1) is 10.5. The summed E-state index contributed by atoms with van der Waals surface area (Å²) in [5.74, 6) is -0.692. The Balaban J connectivity index is 1.82. The lowest BCUT2D eigenvalue weighted by molar-refractivity contribution is -0.129. The molecule has 118 valence electrons. The Hall–Kier alpha value is -2.12. The third-order valence-electron chi connectivity index (χ3n) is 3.03. The molecule has 8 heteroatoms. The number of hydrogen-bond acceptors (Lipinski definition) is 5. The number of benzene rings is 1. The lowest BCUT2D eigenvalue weighted by Gasteiger charge is -2.18. The van der Waals surface area contributed by atoms with Crippen molar-refractivity contribution in [1.82, 2.24) is 9.80 Å².